The lowest BCUT2D eigenvalue weighted by Crippen LogP contribution is -2.78. The van der Waals surface area contributed by atoms with Gasteiger partial charge in [-0.2, -0.15) is 21.9 Å². The molecule has 0 spiro atoms. The first kappa shape index (κ1) is 43.2. The summed E-state index contributed by atoms with van der Waals surface area (Å²) in [4.78, 5) is 0. The zero-order chi connectivity index (χ0) is 40.8. The van der Waals surface area contributed by atoms with Gasteiger partial charge in [0.1, 0.15) is 17.8 Å². The number of rotatable bonds is 5. The first-order valence-electron chi connectivity index (χ1n) is 19.6. The summed E-state index contributed by atoms with van der Waals surface area (Å²) in [5.41, 5.74) is 22.4. The van der Waals surface area contributed by atoms with E-state index in [4.69, 9.17) is 0 Å². The third kappa shape index (κ3) is 8.63. The molecule has 0 fully saturated rings. The van der Waals surface area contributed by atoms with Gasteiger partial charge in [0.2, 0.25) is 0 Å². The van der Waals surface area contributed by atoms with Crippen LogP contribution in [0.4, 0.5) is 8.78 Å². The zero-order valence-corrected chi connectivity index (χ0v) is 37.7. The maximum atomic E-state index is 13.3. The van der Waals surface area contributed by atoms with Crippen molar-refractivity contribution < 1.29 is 8.78 Å². The second-order valence-electron chi connectivity index (χ2n) is 18.6. The van der Waals surface area contributed by atoms with E-state index in [1.165, 1.54) is 101 Å². The molecule has 0 heterocycles. The van der Waals surface area contributed by atoms with E-state index in [9.17, 15) is 8.78 Å². The lowest BCUT2D eigenvalue weighted by atomic mass is 9.10. The highest BCUT2D eigenvalue weighted by Crippen LogP contribution is 2.58. The van der Waals surface area contributed by atoms with Crippen LogP contribution in [0.15, 0.2) is 66.7 Å². The smallest absolute Gasteiger partial charge is 0.130 e. The van der Waals surface area contributed by atoms with Crippen molar-refractivity contribution in [1.29, 1.82) is 0 Å². The van der Waals surface area contributed by atoms with Crippen LogP contribution in [0.2, 0.25) is 0 Å². The monoisotopic (exact) mass is 746 g/mol. The second kappa shape index (κ2) is 15.9. The summed E-state index contributed by atoms with van der Waals surface area (Å²) in [6, 6.07) is 23.1. The van der Waals surface area contributed by atoms with Crippen LogP contribution in [0.5, 0.6) is 0 Å². The van der Waals surface area contributed by atoms with Crippen LogP contribution in [0.25, 0.3) is 0 Å². The molecule has 0 aliphatic carbocycles. The Balaban J connectivity index is 0.000000321. The maximum absolute atomic E-state index is 13.3. The highest BCUT2D eigenvalue weighted by Gasteiger charge is 2.44. The summed E-state index contributed by atoms with van der Waals surface area (Å²) in [6.07, 6.45) is -1.48. The Morgan fingerprint density at radius 2 is 0.556 bits per heavy atom. The highest BCUT2D eigenvalue weighted by molar-refractivity contribution is 7.68. The molecule has 0 nitrogen and oxygen atoms in total. The summed E-state index contributed by atoms with van der Waals surface area (Å²) in [7, 11) is -1.08. The van der Waals surface area contributed by atoms with Crippen molar-refractivity contribution in [1.82, 2.24) is 0 Å². The molecule has 0 N–H and O–H groups in total. The van der Waals surface area contributed by atoms with E-state index in [-0.39, 0.29) is 10.3 Å². The van der Waals surface area contributed by atoms with Gasteiger partial charge >= 0.3 is 0 Å². The van der Waals surface area contributed by atoms with Gasteiger partial charge in [-0.25, -0.2) is 8.78 Å². The van der Waals surface area contributed by atoms with Crippen molar-refractivity contribution in [2.45, 2.75) is 135 Å². The summed E-state index contributed by atoms with van der Waals surface area (Å²) >= 11 is 0. The number of halogens is 2. The summed E-state index contributed by atoms with van der Waals surface area (Å²) in [5.74, 6) is -0.952. The van der Waals surface area contributed by atoms with Gasteiger partial charge in [-0.1, -0.05) is 115 Å². The quantitative estimate of drug-likeness (QED) is 0.124. The van der Waals surface area contributed by atoms with Crippen molar-refractivity contribution in [3.05, 3.63) is 145 Å². The highest BCUT2D eigenvalue weighted by atomic mass is 31.1. The molecular weight excluding hydrogens is 680 g/mol. The molecule has 0 atom stereocenters. The predicted octanol–water partition coefficient (Wildman–Crippen LogP) is 11.2. The topological polar surface area (TPSA) is 0 Å². The maximum Gasteiger partial charge on any atom is 0.130 e. The molecule has 0 aliphatic heterocycles. The number of hydrogen-bond acceptors (Lipinski definition) is 0. The van der Waals surface area contributed by atoms with Gasteiger partial charge in [-0.05, 0) is 125 Å². The van der Waals surface area contributed by atoms with E-state index in [0.717, 1.165) is 11.4 Å². The lowest BCUT2D eigenvalue weighted by molar-refractivity contribution is 0.585. The van der Waals surface area contributed by atoms with E-state index in [1.54, 1.807) is 0 Å². The van der Waals surface area contributed by atoms with E-state index >= 15 is 0 Å². The molecular formula is C50H66BF2P. The van der Waals surface area contributed by atoms with Gasteiger partial charge in [0.05, 0.1) is 15.6 Å². The zero-order valence-electron chi connectivity index (χ0n) is 36.7. The molecule has 5 aromatic carbocycles. The van der Waals surface area contributed by atoms with Crippen LogP contribution in [-0.4, -0.2) is 16.5 Å². The van der Waals surface area contributed by atoms with Crippen LogP contribution >= 0.6 is 7.92 Å². The average Bonchev–Trinajstić information content (AvgIpc) is 2.93. The minimum absolute atomic E-state index is 0.0587. The van der Waals surface area contributed by atoms with E-state index in [0.29, 0.717) is 0 Å². The normalized spacial score (nSPS) is 12.2. The van der Waals surface area contributed by atoms with Gasteiger partial charge in [-0.3, -0.25) is 0 Å². The molecule has 0 aromatic heterocycles. The standard InChI is InChI=1S/C36H44B.C14H21F2P/c1-21-13-25(5)33(26(6)14-21)37(34-27(7)15-22(2)16-28(34)8,35-29(9)17-23(3)18-30(35)10)36-31(11)19-24(4)20-32(36)12;1-13(2,3)17(14(4,5)6)12-8-10(15)7-11(16)9-12/h13-20H,1-12H3;7-9H,1-6H3/q-1;/p+1. The minimum Gasteiger partial charge on any atom is -0.207 e. The minimum atomic E-state index is -1.48. The van der Waals surface area contributed by atoms with Crippen LogP contribution in [0.3, 0.4) is 0 Å². The summed E-state index contributed by atoms with van der Waals surface area (Å²) in [6.45, 7) is 40.5. The Bertz CT molecular complexity index is 1830. The lowest BCUT2D eigenvalue weighted by Gasteiger charge is -2.51. The molecule has 54 heavy (non-hydrogen) atoms. The van der Waals surface area contributed by atoms with Crippen LogP contribution in [-0.2, 0) is 0 Å². The van der Waals surface area contributed by atoms with Crippen LogP contribution in [0, 0.1) is 94.7 Å². The Morgan fingerprint density at radius 3 is 0.741 bits per heavy atom. The molecule has 0 aliphatic rings. The Hall–Kier alpha value is -3.55. The Kier molecular flexibility index (Phi) is 12.7. The Morgan fingerprint density at radius 1 is 0.352 bits per heavy atom. The fourth-order valence-electron chi connectivity index (χ4n) is 11.1. The molecule has 0 saturated heterocycles. The van der Waals surface area contributed by atoms with Gasteiger partial charge in [0.25, 0.3) is 0 Å². The third-order valence-corrected chi connectivity index (χ3v) is 15.2. The van der Waals surface area contributed by atoms with Gasteiger partial charge in [0, 0.05) is 26.1 Å². The molecule has 5 rings (SSSR count). The van der Waals surface area contributed by atoms with E-state index in [2.05, 4.69) is 173 Å². The van der Waals surface area contributed by atoms with Crippen molar-refractivity contribution in [3.8, 4) is 0 Å². The number of hydrogen-bond donors (Lipinski definition) is 0. The first-order chi connectivity index (χ1) is 24.8. The molecule has 0 amide bonds. The van der Waals surface area contributed by atoms with Crippen molar-refractivity contribution in [2.24, 2.45) is 0 Å². The number of benzene rings is 5. The largest absolute Gasteiger partial charge is 0.207 e. The molecule has 0 unspecified atom stereocenters. The number of aryl methyl sites for hydroxylation is 12. The van der Waals surface area contributed by atoms with E-state index in [1.807, 2.05) is 0 Å². The molecule has 0 bridgehead atoms. The summed E-state index contributed by atoms with van der Waals surface area (Å²) < 4.78 is 26.7. The van der Waals surface area contributed by atoms with Gasteiger partial charge in [0.15, 0.2) is 0 Å². The van der Waals surface area contributed by atoms with Gasteiger partial charge < -0.3 is 0 Å². The average molecular weight is 747 g/mol. The molecule has 288 valence electrons. The SMILES string of the molecule is CC(C)(C)[PH+](c1cc(F)cc(F)c1)C(C)(C)C.Cc1cc(C)c([B-](c2c(C)cc(C)cc2C)(c2c(C)cc(C)cc2C)c2c(C)cc(C)cc2C)c(C)c1. The molecule has 0 saturated carbocycles. The predicted molar refractivity (Wildman–Crippen MR) is 241 cm³/mol. The molecule has 0 radical (unpaired) electrons. The van der Waals surface area contributed by atoms with Crippen molar-refractivity contribution in [2.75, 3.05) is 0 Å². The van der Waals surface area contributed by atoms with E-state index < -0.39 is 25.7 Å². The van der Waals surface area contributed by atoms with Crippen LogP contribution < -0.4 is 27.2 Å². The third-order valence-electron chi connectivity index (χ3n) is 11.3. The second-order valence-corrected chi connectivity index (χ2v) is 23.0. The van der Waals surface area contributed by atoms with Crippen molar-refractivity contribution >= 4 is 41.2 Å². The Labute approximate surface area is 328 Å². The molecule has 5 aromatic rings. The fraction of sp³-hybridized carbons (Fsp3) is 0.400. The first-order valence-corrected chi connectivity index (χ1v) is 21.1. The van der Waals surface area contributed by atoms with Crippen molar-refractivity contribution in [3.63, 3.8) is 0 Å². The molecule has 4 heteroatoms. The summed E-state index contributed by atoms with van der Waals surface area (Å²) in [5, 5.41) is 0.958. The fourth-order valence-corrected chi connectivity index (χ4v) is 15.6. The van der Waals surface area contributed by atoms with Gasteiger partial charge in [-0.15, -0.1) is 0 Å². The van der Waals surface area contributed by atoms with Crippen LogP contribution in [0.1, 0.15) is 108 Å².